The first kappa shape index (κ1) is 14.2. The highest BCUT2D eigenvalue weighted by Gasteiger charge is 2.59. The molecule has 0 spiro atoms. The van der Waals surface area contributed by atoms with Crippen LogP contribution in [0.1, 0.15) is 29.8 Å². The summed E-state index contributed by atoms with van der Waals surface area (Å²) in [6, 6.07) is 6.80. The molecule has 0 unspecified atom stereocenters. The zero-order chi connectivity index (χ0) is 14.8. The summed E-state index contributed by atoms with van der Waals surface area (Å²) < 4.78 is 9.88. The predicted molar refractivity (Wildman–Crippen MR) is 70.2 cm³/mol. The highest BCUT2D eigenvalue weighted by molar-refractivity contribution is 6.28. The molecule has 1 aliphatic rings. The van der Waals surface area contributed by atoms with E-state index in [1.165, 1.54) is 0 Å². The zero-order valence-electron chi connectivity index (χ0n) is 11.5. The number of fused-ring (bicyclic) bond motifs is 1. The molecule has 2 rings (SSSR count). The maximum absolute atomic E-state index is 12.5. The second kappa shape index (κ2) is 5.45. The third kappa shape index (κ3) is 1.99. The van der Waals surface area contributed by atoms with Crippen LogP contribution in [0.4, 0.5) is 0 Å². The summed E-state index contributed by atoms with van der Waals surface area (Å²) >= 11 is 0. The predicted octanol–water partition coefficient (Wildman–Crippen LogP) is 1.54. The Morgan fingerprint density at radius 2 is 1.65 bits per heavy atom. The Kier molecular flexibility index (Phi) is 3.88. The molecule has 1 aliphatic carbocycles. The molecule has 5 heteroatoms. The van der Waals surface area contributed by atoms with Crippen molar-refractivity contribution >= 4 is 17.7 Å². The number of rotatable bonds is 4. The van der Waals surface area contributed by atoms with Gasteiger partial charge >= 0.3 is 11.9 Å². The molecule has 106 valence electrons. The number of hydrogen-bond acceptors (Lipinski definition) is 5. The van der Waals surface area contributed by atoms with Gasteiger partial charge in [0, 0.05) is 12.0 Å². The summed E-state index contributed by atoms with van der Waals surface area (Å²) in [7, 11) is 0. The number of ketones is 1. The first-order valence-electron chi connectivity index (χ1n) is 6.55. The number of ether oxygens (including phenoxy) is 2. The van der Waals surface area contributed by atoms with Crippen LogP contribution >= 0.6 is 0 Å². The van der Waals surface area contributed by atoms with Crippen LogP contribution in [0.2, 0.25) is 0 Å². The van der Waals surface area contributed by atoms with E-state index in [0.717, 1.165) is 0 Å². The van der Waals surface area contributed by atoms with Crippen LogP contribution in [-0.2, 0) is 25.5 Å². The van der Waals surface area contributed by atoms with Crippen molar-refractivity contribution in [2.45, 2.75) is 20.3 Å². The fourth-order valence-electron chi connectivity index (χ4n) is 2.41. The van der Waals surface area contributed by atoms with Gasteiger partial charge in [-0.05, 0) is 19.4 Å². The summed E-state index contributed by atoms with van der Waals surface area (Å²) in [5, 5.41) is 0. The number of Topliss-reactive ketones (excluding diaryl/α,β-unsaturated/α-hetero) is 1. The number of esters is 2. The van der Waals surface area contributed by atoms with Gasteiger partial charge in [0.25, 0.3) is 0 Å². The summed E-state index contributed by atoms with van der Waals surface area (Å²) in [6.07, 6.45) is -0.000324. The minimum Gasteiger partial charge on any atom is -0.465 e. The van der Waals surface area contributed by atoms with Crippen molar-refractivity contribution in [3.05, 3.63) is 35.4 Å². The quantitative estimate of drug-likeness (QED) is 0.616. The standard InChI is InChI=1S/C15H16O5/c1-3-19-13(17)15(14(18)20-4-2)9-10-7-5-6-8-11(10)12(15)16/h5-8H,3-4,9H2,1-2H3. The molecule has 0 fully saturated rings. The minimum absolute atomic E-state index is 0.000324. The Labute approximate surface area is 116 Å². The van der Waals surface area contributed by atoms with E-state index >= 15 is 0 Å². The topological polar surface area (TPSA) is 69.7 Å². The minimum atomic E-state index is -1.88. The highest BCUT2D eigenvalue weighted by atomic mass is 16.6. The van der Waals surface area contributed by atoms with Gasteiger partial charge in [0.2, 0.25) is 5.41 Å². The number of carbonyl (C=O) groups excluding carboxylic acids is 3. The normalized spacial score (nSPS) is 15.6. The van der Waals surface area contributed by atoms with E-state index in [-0.39, 0.29) is 19.6 Å². The Hall–Kier alpha value is -2.17. The van der Waals surface area contributed by atoms with Crippen molar-refractivity contribution in [3.8, 4) is 0 Å². The smallest absolute Gasteiger partial charge is 0.331 e. The van der Waals surface area contributed by atoms with Gasteiger partial charge in [0.05, 0.1) is 13.2 Å². The van der Waals surface area contributed by atoms with E-state index in [1.807, 2.05) is 0 Å². The first-order valence-corrected chi connectivity index (χ1v) is 6.55. The number of carbonyl (C=O) groups is 3. The maximum atomic E-state index is 12.5. The Balaban J connectivity index is 2.48. The molecule has 0 saturated carbocycles. The number of hydrogen-bond donors (Lipinski definition) is 0. The lowest BCUT2D eigenvalue weighted by atomic mass is 9.83. The van der Waals surface area contributed by atoms with E-state index in [9.17, 15) is 14.4 Å². The van der Waals surface area contributed by atoms with Crippen LogP contribution in [0.15, 0.2) is 24.3 Å². The summed E-state index contributed by atoms with van der Waals surface area (Å²) in [5.74, 6) is -2.20. The van der Waals surface area contributed by atoms with Gasteiger partial charge in [-0.1, -0.05) is 24.3 Å². The highest BCUT2D eigenvalue weighted by Crippen LogP contribution is 2.39. The van der Waals surface area contributed by atoms with Gasteiger partial charge in [-0.3, -0.25) is 14.4 Å². The van der Waals surface area contributed by atoms with Gasteiger partial charge in [-0.25, -0.2) is 0 Å². The van der Waals surface area contributed by atoms with Gasteiger partial charge in [-0.15, -0.1) is 0 Å². The summed E-state index contributed by atoms with van der Waals surface area (Å²) in [5.41, 5.74) is -0.831. The number of benzene rings is 1. The van der Waals surface area contributed by atoms with Crippen molar-refractivity contribution in [3.63, 3.8) is 0 Å². The summed E-state index contributed by atoms with van der Waals surface area (Å²) in [4.78, 5) is 37.0. The van der Waals surface area contributed by atoms with Crippen LogP contribution < -0.4 is 0 Å². The Morgan fingerprint density at radius 3 is 2.15 bits per heavy atom. The van der Waals surface area contributed by atoms with Crippen LogP contribution in [0.25, 0.3) is 0 Å². The van der Waals surface area contributed by atoms with Crippen LogP contribution in [0, 0.1) is 5.41 Å². The lowest BCUT2D eigenvalue weighted by Gasteiger charge is -2.22. The molecular formula is C15H16O5. The molecule has 0 heterocycles. The lowest BCUT2D eigenvalue weighted by molar-refractivity contribution is -0.167. The maximum Gasteiger partial charge on any atom is 0.331 e. The lowest BCUT2D eigenvalue weighted by Crippen LogP contribution is -2.47. The third-order valence-corrected chi connectivity index (χ3v) is 3.35. The van der Waals surface area contributed by atoms with Crippen LogP contribution in [-0.4, -0.2) is 30.9 Å². The molecule has 0 bridgehead atoms. The third-order valence-electron chi connectivity index (χ3n) is 3.35. The molecule has 20 heavy (non-hydrogen) atoms. The van der Waals surface area contributed by atoms with Crippen molar-refractivity contribution in [2.24, 2.45) is 5.41 Å². The first-order chi connectivity index (χ1) is 9.57. The van der Waals surface area contributed by atoms with E-state index in [1.54, 1.807) is 38.1 Å². The molecule has 0 N–H and O–H groups in total. The molecule has 0 aromatic heterocycles. The average Bonchev–Trinajstić information content (AvgIpc) is 2.74. The molecule has 0 radical (unpaired) electrons. The molecule has 1 aromatic rings. The van der Waals surface area contributed by atoms with Crippen molar-refractivity contribution in [1.82, 2.24) is 0 Å². The van der Waals surface area contributed by atoms with Crippen molar-refractivity contribution < 1.29 is 23.9 Å². The Morgan fingerprint density at radius 1 is 1.10 bits per heavy atom. The fourth-order valence-corrected chi connectivity index (χ4v) is 2.41. The summed E-state index contributed by atoms with van der Waals surface area (Å²) in [6.45, 7) is 3.46. The SMILES string of the molecule is CCOC(=O)C1(C(=O)OCC)Cc2ccccc2C1=O. The van der Waals surface area contributed by atoms with E-state index < -0.39 is 23.1 Å². The molecule has 0 saturated heterocycles. The molecule has 0 atom stereocenters. The van der Waals surface area contributed by atoms with E-state index in [0.29, 0.717) is 11.1 Å². The van der Waals surface area contributed by atoms with Gasteiger partial charge in [0.15, 0.2) is 5.78 Å². The average molecular weight is 276 g/mol. The molecule has 0 amide bonds. The molecule has 0 aliphatic heterocycles. The van der Waals surface area contributed by atoms with E-state index in [2.05, 4.69) is 0 Å². The molecule has 5 nitrogen and oxygen atoms in total. The zero-order valence-corrected chi connectivity index (χ0v) is 11.5. The van der Waals surface area contributed by atoms with Crippen LogP contribution in [0.5, 0.6) is 0 Å². The van der Waals surface area contributed by atoms with Crippen LogP contribution in [0.3, 0.4) is 0 Å². The monoisotopic (exact) mass is 276 g/mol. The second-order valence-corrected chi connectivity index (χ2v) is 4.51. The van der Waals surface area contributed by atoms with Crippen molar-refractivity contribution in [2.75, 3.05) is 13.2 Å². The van der Waals surface area contributed by atoms with Gasteiger partial charge in [-0.2, -0.15) is 0 Å². The Bertz CT molecular complexity index is 543. The second-order valence-electron chi connectivity index (χ2n) is 4.51. The van der Waals surface area contributed by atoms with Crippen molar-refractivity contribution in [1.29, 1.82) is 0 Å². The molecular weight excluding hydrogens is 260 g/mol. The van der Waals surface area contributed by atoms with Gasteiger partial charge < -0.3 is 9.47 Å². The fraction of sp³-hybridized carbons (Fsp3) is 0.400. The largest absolute Gasteiger partial charge is 0.465 e. The molecule has 1 aromatic carbocycles. The van der Waals surface area contributed by atoms with Gasteiger partial charge in [0.1, 0.15) is 0 Å². The van der Waals surface area contributed by atoms with E-state index in [4.69, 9.17) is 9.47 Å².